The lowest BCUT2D eigenvalue weighted by Gasteiger charge is -2.08. The Morgan fingerprint density at radius 1 is 1.12 bits per heavy atom. The summed E-state index contributed by atoms with van der Waals surface area (Å²) in [5, 5.41) is 7.56. The molecule has 5 heteroatoms. The van der Waals surface area contributed by atoms with Gasteiger partial charge in [-0.1, -0.05) is 39.5 Å². The van der Waals surface area contributed by atoms with Crippen LogP contribution in [0.5, 0.6) is 0 Å². The molecule has 0 aliphatic carbocycles. The molecule has 0 radical (unpaired) electrons. The molecule has 0 heterocycles. The van der Waals surface area contributed by atoms with Crippen molar-refractivity contribution in [3.8, 4) is 6.07 Å². The minimum absolute atomic E-state index is 0.441. The highest BCUT2D eigenvalue weighted by atomic mass is 32.2. The Balaban J connectivity index is 3.56. The van der Waals surface area contributed by atoms with E-state index in [1.165, 1.54) is 19.8 Å². The average Bonchev–Trinajstić information content (AvgIpc) is 2.26. The van der Waals surface area contributed by atoms with Gasteiger partial charge in [0.1, 0.15) is 0 Å². The second-order valence-electron chi connectivity index (χ2n) is 4.81. The summed E-state index contributed by atoms with van der Waals surface area (Å²) < 4.78 is 25.3. The third kappa shape index (κ3) is 8.17. The van der Waals surface area contributed by atoms with Gasteiger partial charge in [-0.3, -0.25) is 0 Å². The summed E-state index contributed by atoms with van der Waals surface area (Å²) in [5.41, 5.74) is 0. The summed E-state index contributed by atoms with van der Waals surface area (Å²) in [5.74, 6) is 0.741. The van der Waals surface area contributed by atoms with Crippen molar-refractivity contribution < 1.29 is 8.42 Å². The van der Waals surface area contributed by atoms with Gasteiger partial charge in [-0.05, 0) is 19.3 Å². The van der Waals surface area contributed by atoms with Crippen molar-refractivity contribution in [2.24, 2.45) is 5.92 Å². The van der Waals surface area contributed by atoms with Crippen LogP contribution < -0.4 is 4.72 Å². The third-order valence-electron chi connectivity index (χ3n) is 2.66. The molecule has 0 aromatic carbocycles. The highest BCUT2D eigenvalue weighted by Gasteiger charge is 2.18. The molecule has 0 bridgehead atoms. The normalized spacial score (nSPS) is 13.6. The molecule has 0 aliphatic rings. The fraction of sp³-hybridized carbons (Fsp3) is 0.917. The second-order valence-corrected chi connectivity index (χ2v) is 6.89. The van der Waals surface area contributed by atoms with Crippen molar-refractivity contribution in [3.05, 3.63) is 0 Å². The molecule has 0 saturated carbocycles. The van der Waals surface area contributed by atoms with Gasteiger partial charge < -0.3 is 0 Å². The zero-order chi connectivity index (χ0) is 13.3. The van der Waals surface area contributed by atoms with Crippen LogP contribution in [0.4, 0.5) is 0 Å². The van der Waals surface area contributed by atoms with E-state index in [1.807, 2.05) is 0 Å². The van der Waals surface area contributed by atoms with Gasteiger partial charge in [0.15, 0.2) is 5.25 Å². The van der Waals surface area contributed by atoms with Gasteiger partial charge in [-0.15, -0.1) is 0 Å². The van der Waals surface area contributed by atoms with Gasteiger partial charge >= 0.3 is 0 Å². The van der Waals surface area contributed by atoms with Gasteiger partial charge in [0.25, 0.3) is 0 Å². The van der Waals surface area contributed by atoms with Crippen LogP contribution in [0.1, 0.15) is 52.9 Å². The maximum Gasteiger partial charge on any atom is 0.227 e. The highest BCUT2D eigenvalue weighted by molar-refractivity contribution is 7.90. The standard InChI is InChI=1S/C12H24N2O2S/c1-11(2)8-6-4-5-7-9-14-17(15,16)12(3)10-13/h11-12,14H,4-9H2,1-3H3. The van der Waals surface area contributed by atoms with Crippen LogP contribution in [0.2, 0.25) is 0 Å². The number of nitrogens with one attached hydrogen (secondary N) is 1. The van der Waals surface area contributed by atoms with Crippen molar-refractivity contribution in [1.82, 2.24) is 4.72 Å². The summed E-state index contributed by atoms with van der Waals surface area (Å²) >= 11 is 0. The van der Waals surface area contributed by atoms with Crippen molar-refractivity contribution in [1.29, 1.82) is 5.26 Å². The Bertz CT molecular complexity index is 331. The number of hydrogen-bond donors (Lipinski definition) is 1. The lowest BCUT2D eigenvalue weighted by Crippen LogP contribution is -2.32. The first-order valence-corrected chi connectivity index (χ1v) is 7.83. The fourth-order valence-electron chi connectivity index (χ4n) is 1.44. The Morgan fingerprint density at radius 2 is 1.71 bits per heavy atom. The van der Waals surface area contributed by atoms with Crippen LogP contribution in [-0.4, -0.2) is 20.2 Å². The Kier molecular flexibility index (Phi) is 8.19. The lowest BCUT2D eigenvalue weighted by molar-refractivity contribution is 0.517. The van der Waals surface area contributed by atoms with Crippen LogP contribution in [-0.2, 0) is 10.0 Å². The number of nitrogens with zero attached hydrogens (tertiary/aromatic N) is 1. The lowest BCUT2D eigenvalue weighted by atomic mass is 10.0. The van der Waals surface area contributed by atoms with E-state index in [1.54, 1.807) is 6.07 Å². The predicted octanol–water partition coefficient (Wildman–Crippen LogP) is 2.42. The maximum absolute atomic E-state index is 11.4. The van der Waals surface area contributed by atoms with Crippen molar-refractivity contribution in [3.63, 3.8) is 0 Å². The minimum atomic E-state index is -3.43. The molecular formula is C12H24N2O2S. The molecule has 1 atom stereocenters. The van der Waals surface area contributed by atoms with Gasteiger partial charge in [0.05, 0.1) is 6.07 Å². The van der Waals surface area contributed by atoms with Crippen LogP contribution in [0.25, 0.3) is 0 Å². The van der Waals surface area contributed by atoms with E-state index < -0.39 is 15.3 Å². The van der Waals surface area contributed by atoms with Crippen LogP contribution in [0, 0.1) is 17.2 Å². The van der Waals surface area contributed by atoms with Crippen molar-refractivity contribution >= 4 is 10.0 Å². The van der Waals surface area contributed by atoms with Gasteiger partial charge in [-0.2, -0.15) is 5.26 Å². The summed E-state index contributed by atoms with van der Waals surface area (Å²) in [6, 6.07) is 1.73. The van der Waals surface area contributed by atoms with Gasteiger partial charge in [0, 0.05) is 6.54 Å². The zero-order valence-electron chi connectivity index (χ0n) is 11.1. The molecule has 1 N–H and O–H groups in total. The zero-order valence-corrected chi connectivity index (χ0v) is 11.9. The first-order chi connectivity index (χ1) is 7.90. The first-order valence-electron chi connectivity index (χ1n) is 6.28. The van der Waals surface area contributed by atoms with Gasteiger partial charge in [-0.25, -0.2) is 13.1 Å². The van der Waals surface area contributed by atoms with Crippen LogP contribution >= 0.6 is 0 Å². The molecule has 0 fully saturated rings. The number of rotatable bonds is 9. The van der Waals surface area contributed by atoms with E-state index in [9.17, 15) is 8.42 Å². The molecule has 1 unspecified atom stereocenters. The molecule has 4 nitrogen and oxygen atoms in total. The average molecular weight is 260 g/mol. The molecule has 0 aromatic rings. The minimum Gasteiger partial charge on any atom is -0.214 e. The Morgan fingerprint density at radius 3 is 2.24 bits per heavy atom. The quantitative estimate of drug-likeness (QED) is 0.647. The maximum atomic E-state index is 11.4. The van der Waals surface area contributed by atoms with E-state index in [0.717, 1.165) is 25.2 Å². The Hall–Kier alpha value is -0.600. The summed E-state index contributed by atoms with van der Waals surface area (Å²) in [7, 11) is -3.43. The molecule has 0 aromatic heterocycles. The summed E-state index contributed by atoms with van der Waals surface area (Å²) in [4.78, 5) is 0. The molecule has 100 valence electrons. The molecule has 17 heavy (non-hydrogen) atoms. The van der Waals surface area contributed by atoms with E-state index in [4.69, 9.17) is 5.26 Å². The third-order valence-corrected chi connectivity index (χ3v) is 4.30. The molecule has 0 aliphatic heterocycles. The highest BCUT2D eigenvalue weighted by Crippen LogP contribution is 2.09. The smallest absolute Gasteiger partial charge is 0.214 e. The van der Waals surface area contributed by atoms with Crippen molar-refractivity contribution in [2.75, 3.05) is 6.54 Å². The van der Waals surface area contributed by atoms with Crippen molar-refractivity contribution in [2.45, 2.75) is 58.1 Å². The molecule has 0 saturated heterocycles. The second kappa shape index (κ2) is 8.48. The molecule has 0 spiro atoms. The summed E-state index contributed by atoms with van der Waals surface area (Å²) in [6.07, 6.45) is 5.47. The Labute approximate surface area is 105 Å². The van der Waals surface area contributed by atoms with Crippen LogP contribution in [0.15, 0.2) is 0 Å². The molecule has 0 amide bonds. The monoisotopic (exact) mass is 260 g/mol. The fourth-order valence-corrected chi connectivity index (χ4v) is 2.26. The van der Waals surface area contributed by atoms with E-state index in [-0.39, 0.29) is 0 Å². The van der Waals surface area contributed by atoms with E-state index >= 15 is 0 Å². The number of unbranched alkanes of at least 4 members (excludes halogenated alkanes) is 3. The first kappa shape index (κ1) is 16.4. The molecule has 0 rings (SSSR count). The molecular weight excluding hydrogens is 236 g/mol. The van der Waals surface area contributed by atoms with E-state index in [2.05, 4.69) is 18.6 Å². The topological polar surface area (TPSA) is 70.0 Å². The summed E-state index contributed by atoms with van der Waals surface area (Å²) in [6.45, 7) is 6.25. The number of sulfonamides is 1. The van der Waals surface area contributed by atoms with Crippen LogP contribution in [0.3, 0.4) is 0 Å². The number of nitriles is 1. The predicted molar refractivity (Wildman–Crippen MR) is 69.9 cm³/mol. The SMILES string of the molecule is CC(C)CCCCCCNS(=O)(=O)C(C)C#N. The largest absolute Gasteiger partial charge is 0.227 e. The number of hydrogen-bond acceptors (Lipinski definition) is 3. The van der Waals surface area contributed by atoms with Gasteiger partial charge in [0.2, 0.25) is 10.0 Å². The van der Waals surface area contributed by atoms with E-state index in [0.29, 0.717) is 6.54 Å².